The first kappa shape index (κ1) is 19.0. The minimum absolute atomic E-state index is 0.157. The van der Waals surface area contributed by atoms with Crippen molar-refractivity contribution in [1.29, 1.82) is 0 Å². The van der Waals surface area contributed by atoms with Crippen LogP contribution < -0.4 is 9.47 Å². The first-order valence-electron chi connectivity index (χ1n) is 7.35. The summed E-state index contributed by atoms with van der Waals surface area (Å²) in [5.41, 5.74) is 0.157. The molecule has 0 saturated heterocycles. The van der Waals surface area contributed by atoms with E-state index in [2.05, 4.69) is 19.8 Å². The first-order chi connectivity index (χ1) is 10.6. The van der Waals surface area contributed by atoms with Crippen molar-refractivity contribution < 1.29 is 23.0 Å². The maximum atomic E-state index is 12.8. The summed E-state index contributed by atoms with van der Waals surface area (Å²) >= 11 is 0. The molecule has 0 aliphatic carbocycles. The van der Waals surface area contributed by atoms with Crippen molar-refractivity contribution in [3.8, 4) is 11.5 Å². The number of carbonyl (C=O) groups is 1. The summed E-state index contributed by atoms with van der Waals surface area (Å²) in [6.07, 6.45) is 3.71. The molecule has 22 heavy (non-hydrogen) atoms. The van der Waals surface area contributed by atoms with Crippen LogP contribution >= 0.6 is 15.9 Å². The molecule has 0 radical (unpaired) electrons. The van der Waals surface area contributed by atoms with Gasteiger partial charge in [-0.2, -0.15) is 0 Å². The fourth-order valence-electron chi connectivity index (χ4n) is 1.70. The van der Waals surface area contributed by atoms with Crippen LogP contribution in [-0.2, 0) is 4.52 Å². The molecule has 122 valence electrons. The van der Waals surface area contributed by atoms with Gasteiger partial charge in [-0.25, -0.2) is 0 Å². The van der Waals surface area contributed by atoms with Crippen molar-refractivity contribution in [2.75, 3.05) is 13.2 Å². The summed E-state index contributed by atoms with van der Waals surface area (Å²) < 4.78 is 28.7. The molecular formula is C15H21FO4P2. The Hall–Kier alpha value is -1.05. The van der Waals surface area contributed by atoms with E-state index in [0.717, 1.165) is 25.7 Å². The summed E-state index contributed by atoms with van der Waals surface area (Å²) in [4.78, 5) is 12.0. The summed E-state index contributed by atoms with van der Waals surface area (Å²) in [6.45, 7) is 5.09. The molecular weight excluding hydrogens is 325 g/mol. The predicted molar refractivity (Wildman–Crippen MR) is 87.6 cm³/mol. The molecule has 1 atom stereocenters. The monoisotopic (exact) mass is 346 g/mol. The van der Waals surface area contributed by atoms with Gasteiger partial charge in [0.15, 0.2) is 0 Å². The Kier molecular flexibility index (Phi) is 9.19. The molecule has 0 amide bonds. The van der Waals surface area contributed by atoms with Gasteiger partial charge in [0, 0.05) is 0 Å². The molecule has 0 spiro atoms. The number of carbonyl (C=O) groups excluding carboxylic acids is 1. The Morgan fingerprint density at radius 3 is 2.41 bits per heavy atom. The van der Waals surface area contributed by atoms with E-state index in [1.54, 1.807) is 12.1 Å². The van der Waals surface area contributed by atoms with Crippen molar-refractivity contribution in [3.05, 3.63) is 23.8 Å². The second-order valence-electron chi connectivity index (χ2n) is 4.64. The Bertz CT molecular complexity index is 554. The van der Waals surface area contributed by atoms with Crippen LogP contribution in [0.25, 0.3) is 0 Å². The molecule has 0 N–H and O–H groups in total. The summed E-state index contributed by atoms with van der Waals surface area (Å²) in [5, 5.41) is 0. The average molecular weight is 346 g/mol. The summed E-state index contributed by atoms with van der Waals surface area (Å²) in [5.74, 6) is -0.0142. The average Bonchev–Trinajstić information content (AvgIpc) is 2.48. The molecule has 0 aliphatic heterocycles. The SMILES string of the molecule is CCCCOc1cccc(C(=O)OP(F)#P)c1OCCCC. The summed E-state index contributed by atoms with van der Waals surface area (Å²) in [7, 11) is 0.919. The van der Waals surface area contributed by atoms with E-state index in [9.17, 15) is 8.99 Å². The van der Waals surface area contributed by atoms with Gasteiger partial charge in [-0.3, -0.25) is 0 Å². The van der Waals surface area contributed by atoms with Gasteiger partial charge in [0.1, 0.15) is 0 Å². The number of benzene rings is 1. The first-order valence-corrected chi connectivity index (χ1v) is 9.66. The van der Waals surface area contributed by atoms with Gasteiger partial charge in [-0.15, -0.1) is 0 Å². The van der Waals surface area contributed by atoms with Crippen LogP contribution in [0, 0.1) is 0 Å². The van der Waals surface area contributed by atoms with Crippen molar-refractivity contribution in [3.63, 3.8) is 0 Å². The fraction of sp³-hybridized carbons (Fsp3) is 0.533. The van der Waals surface area contributed by atoms with Crippen molar-refractivity contribution >= 4 is 21.9 Å². The van der Waals surface area contributed by atoms with E-state index in [1.165, 1.54) is 6.07 Å². The fourth-order valence-corrected chi connectivity index (χ4v) is 2.16. The molecule has 0 aliphatic rings. The third-order valence-electron chi connectivity index (χ3n) is 2.86. The topological polar surface area (TPSA) is 44.8 Å². The van der Waals surface area contributed by atoms with Crippen molar-refractivity contribution in [2.45, 2.75) is 39.5 Å². The van der Waals surface area contributed by atoms with Crippen molar-refractivity contribution in [2.24, 2.45) is 0 Å². The summed E-state index contributed by atoms with van der Waals surface area (Å²) in [6, 6.07) is 4.92. The molecule has 0 saturated carbocycles. The number of rotatable bonds is 9. The van der Waals surface area contributed by atoms with Crippen LogP contribution in [0.3, 0.4) is 0 Å². The number of unbranched alkanes of at least 4 members (excludes halogenated alkanes) is 2. The second kappa shape index (κ2) is 10.6. The van der Waals surface area contributed by atoms with Gasteiger partial charge in [-0.1, -0.05) is 0 Å². The quantitative estimate of drug-likeness (QED) is 0.418. The minimum atomic E-state index is -2.57. The van der Waals surface area contributed by atoms with E-state index in [1.807, 2.05) is 6.92 Å². The van der Waals surface area contributed by atoms with E-state index >= 15 is 0 Å². The van der Waals surface area contributed by atoms with E-state index in [0.29, 0.717) is 24.7 Å². The van der Waals surface area contributed by atoms with Gasteiger partial charge in [0.2, 0.25) is 0 Å². The third-order valence-corrected chi connectivity index (χ3v) is 3.42. The Morgan fingerprint density at radius 1 is 1.18 bits per heavy atom. The van der Waals surface area contributed by atoms with Crippen LogP contribution in [0.1, 0.15) is 49.9 Å². The van der Waals surface area contributed by atoms with Crippen LogP contribution in [0.2, 0.25) is 0 Å². The molecule has 1 aromatic carbocycles. The molecule has 0 aromatic heterocycles. The number of ether oxygens (including phenoxy) is 2. The molecule has 7 heteroatoms. The molecule has 1 rings (SSSR count). The second-order valence-corrected chi connectivity index (χ2v) is 6.22. The zero-order valence-electron chi connectivity index (χ0n) is 12.9. The molecule has 0 bridgehead atoms. The maximum absolute atomic E-state index is 12.8. The standard InChI is InChI=1S/C15H21FO4P2/c1-3-5-10-18-13-9-7-8-12(15(17)20-22(16)21)14(13)19-11-6-4-2/h7-9H,3-6,10-11H2,1-2H3. The van der Waals surface area contributed by atoms with Gasteiger partial charge in [0.05, 0.1) is 0 Å². The predicted octanol–water partition coefficient (Wildman–Crippen LogP) is 5.81. The normalized spacial score (nSPS) is 10.9. The van der Waals surface area contributed by atoms with Crippen molar-refractivity contribution in [1.82, 2.24) is 0 Å². The Morgan fingerprint density at radius 2 is 1.82 bits per heavy atom. The molecule has 1 unspecified atom stereocenters. The molecule has 0 fully saturated rings. The van der Waals surface area contributed by atoms with Gasteiger partial charge < -0.3 is 0 Å². The molecule has 4 nitrogen and oxygen atoms in total. The zero-order valence-corrected chi connectivity index (χ0v) is 14.7. The third kappa shape index (κ3) is 6.37. The van der Waals surface area contributed by atoms with Gasteiger partial charge in [0.25, 0.3) is 0 Å². The van der Waals surface area contributed by atoms with Crippen LogP contribution in [-0.4, -0.2) is 19.2 Å². The molecule has 0 heterocycles. The van der Waals surface area contributed by atoms with E-state index in [-0.39, 0.29) is 5.56 Å². The number of hydrogen-bond acceptors (Lipinski definition) is 4. The van der Waals surface area contributed by atoms with E-state index < -0.39 is 13.5 Å². The zero-order chi connectivity index (χ0) is 16.4. The van der Waals surface area contributed by atoms with Gasteiger partial charge >= 0.3 is 133 Å². The Balaban J connectivity index is 2.99. The van der Waals surface area contributed by atoms with Crippen LogP contribution in [0.15, 0.2) is 18.2 Å². The number of hydrogen-bond donors (Lipinski definition) is 0. The Labute approximate surface area is 133 Å². The molecule has 1 aromatic rings. The van der Waals surface area contributed by atoms with Gasteiger partial charge in [-0.05, 0) is 0 Å². The number of para-hydroxylation sites is 1. The van der Waals surface area contributed by atoms with E-state index in [4.69, 9.17) is 9.47 Å². The number of halogens is 1. The van der Waals surface area contributed by atoms with Crippen LogP contribution in [0.5, 0.6) is 11.5 Å². The van der Waals surface area contributed by atoms with Crippen LogP contribution in [0.4, 0.5) is 4.20 Å².